The lowest BCUT2D eigenvalue weighted by molar-refractivity contribution is -0.136. The fourth-order valence-corrected chi connectivity index (χ4v) is 2.75. The maximum atomic E-state index is 13.7. The zero-order valence-electron chi connectivity index (χ0n) is 11.3. The summed E-state index contributed by atoms with van der Waals surface area (Å²) in [6, 6.07) is 4.67. The second-order valence-electron chi connectivity index (χ2n) is 5.47. The molecule has 2 N–H and O–H groups in total. The maximum Gasteiger partial charge on any atom is 0.317 e. The summed E-state index contributed by atoms with van der Waals surface area (Å²) in [6.07, 6.45) is 0.826. The number of carbonyl (C=O) groups is 1. The van der Waals surface area contributed by atoms with Gasteiger partial charge in [0.1, 0.15) is 5.82 Å². The first kappa shape index (κ1) is 15.2. The smallest absolute Gasteiger partial charge is 0.317 e. The van der Waals surface area contributed by atoms with Crippen molar-refractivity contribution in [3.8, 4) is 0 Å². The van der Waals surface area contributed by atoms with Gasteiger partial charge in [-0.15, -0.1) is 0 Å². The number of benzene rings is 1. The Morgan fingerprint density at radius 1 is 1.60 bits per heavy atom. The third-order valence-electron chi connectivity index (χ3n) is 3.66. The molecule has 4 nitrogen and oxygen atoms in total. The van der Waals surface area contributed by atoms with Gasteiger partial charge < -0.3 is 10.4 Å². The van der Waals surface area contributed by atoms with Crippen LogP contribution in [0.2, 0.25) is 5.02 Å². The standard InChI is InChI=1S/C14H18ClFN2O2/c1-14(17-7-13(19)20)5-6-18(9-14)8-10-11(15)3-2-4-12(10)16/h2-4,17H,5-9H2,1H3,(H,19,20). The average molecular weight is 301 g/mol. The molecule has 110 valence electrons. The molecule has 0 saturated carbocycles. The third kappa shape index (κ3) is 3.69. The Morgan fingerprint density at radius 3 is 3.00 bits per heavy atom. The van der Waals surface area contributed by atoms with Crippen LogP contribution in [0.15, 0.2) is 18.2 Å². The van der Waals surface area contributed by atoms with E-state index < -0.39 is 5.97 Å². The first-order valence-electron chi connectivity index (χ1n) is 6.52. The molecule has 6 heteroatoms. The summed E-state index contributed by atoms with van der Waals surface area (Å²) in [7, 11) is 0. The van der Waals surface area contributed by atoms with Crippen molar-refractivity contribution in [2.24, 2.45) is 0 Å². The number of rotatable bonds is 5. The summed E-state index contributed by atoms with van der Waals surface area (Å²) in [5.74, 6) is -1.17. The minimum absolute atomic E-state index is 0.0647. The maximum absolute atomic E-state index is 13.7. The Morgan fingerprint density at radius 2 is 2.35 bits per heavy atom. The van der Waals surface area contributed by atoms with E-state index in [-0.39, 0.29) is 17.9 Å². The molecule has 0 amide bonds. The van der Waals surface area contributed by atoms with E-state index in [0.717, 1.165) is 13.0 Å². The van der Waals surface area contributed by atoms with Crippen molar-refractivity contribution in [1.29, 1.82) is 0 Å². The highest BCUT2D eigenvalue weighted by atomic mass is 35.5. The van der Waals surface area contributed by atoms with Crippen molar-refractivity contribution >= 4 is 17.6 Å². The zero-order chi connectivity index (χ0) is 14.8. The number of halogens is 2. The van der Waals surface area contributed by atoms with E-state index >= 15 is 0 Å². The third-order valence-corrected chi connectivity index (χ3v) is 4.02. The van der Waals surface area contributed by atoms with Gasteiger partial charge in [0, 0.05) is 35.8 Å². The van der Waals surface area contributed by atoms with Gasteiger partial charge in [0.05, 0.1) is 6.54 Å². The molecule has 0 radical (unpaired) electrons. The minimum Gasteiger partial charge on any atom is -0.480 e. The first-order chi connectivity index (χ1) is 9.39. The summed E-state index contributed by atoms with van der Waals surface area (Å²) >= 11 is 6.02. The van der Waals surface area contributed by atoms with Crippen LogP contribution in [-0.2, 0) is 11.3 Å². The normalized spacial score (nSPS) is 23.1. The molecule has 1 aromatic rings. The highest BCUT2D eigenvalue weighted by Crippen LogP contribution is 2.26. The van der Waals surface area contributed by atoms with Crippen LogP contribution in [0.4, 0.5) is 4.39 Å². The molecule has 20 heavy (non-hydrogen) atoms. The molecule has 1 heterocycles. The molecule has 1 aliphatic heterocycles. The van der Waals surface area contributed by atoms with Crippen LogP contribution < -0.4 is 5.32 Å². The molecule has 1 aliphatic rings. The van der Waals surface area contributed by atoms with E-state index in [4.69, 9.17) is 16.7 Å². The molecule has 0 bridgehead atoms. The molecular weight excluding hydrogens is 283 g/mol. The number of hydrogen-bond acceptors (Lipinski definition) is 3. The number of nitrogens with one attached hydrogen (secondary N) is 1. The van der Waals surface area contributed by atoms with E-state index in [2.05, 4.69) is 10.2 Å². The summed E-state index contributed by atoms with van der Waals surface area (Å²) in [5, 5.41) is 12.2. The van der Waals surface area contributed by atoms with Crippen LogP contribution in [-0.4, -0.2) is 41.1 Å². The number of nitrogens with zero attached hydrogens (tertiary/aromatic N) is 1. The van der Waals surface area contributed by atoms with E-state index in [0.29, 0.717) is 23.7 Å². The van der Waals surface area contributed by atoms with Crippen molar-refractivity contribution in [3.05, 3.63) is 34.6 Å². The van der Waals surface area contributed by atoms with Gasteiger partial charge in [0.25, 0.3) is 0 Å². The van der Waals surface area contributed by atoms with Gasteiger partial charge in [-0.25, -0.2) is 4.39 Å². The van der Waals surface area contributed by atoms with Crippen molar-refractivity contribution in [2.75, 3.05) is 19.6 Å². The van der Waals surface area contributed by atoms with Gasteiger partial charge in [-0.1, -0.05) is 17.7 Å². The molecule has 1 saturated heterocycles. The summed E-state index contributed by atoms with van der Waals surface area (Å²) in [4.78, 5) is 12.7. The highest BCUT2D eigenvalue weighted by Gasteiger charge is 2.34. The molecule has 0 spiro atoms. The lowest BCUT2D eigenvalue weighted by Gasteiger charge is -2.25. The summed E-state index contributed by atoms with van der Waals surface area (Å²) in [5.41, 5.74) is 0.243. The monoisotopic (exact) mass is 300 g/mol. The first-order valence-corrected chi connectivity index (χ1v) is 6.89. The van der Waals surface area contributed by atoms with E-state index in [1.807, 2.05) is 6.92 Å². The summed E-state index contributed by atoms with van der Waals surface area (Å²) in [6.45, 7) is 3.82. The number of carboxylic acid groups (broad SMARTS) is 1. The molecule has 0 aliphatic carbocycles. The SMILES string of the molecule is CC1(NCC(=O)O)CCN(Cc2c(F)cccc2Cl)C1. The number of hydrogen-bond donors (Lipinski definition) is 2. The van der Waals surface area contributed by atoms with Crippen LogP contribution in [0.25, 0.3) is 0 Å². The van der Waals surface area contributed by atoms with Gasteiger partial charge in [-0.2, -0.15) is 0 Å². The fourth-order valence-electron chi connectivity index (χ4n) is 2.53. The van der Waals surface area contributed by atoms with Gasteiger partial charge in [-0.3, -0.25) is 9.69 Å². The van der Waals surface area contributed by atoms with Crippen molar-refractivity contribution in [2.45, 2.75) is 25.4 Å². The predicted octanol–water partition coefficient (Wildman–Crippen LogP) is 2.12. The van der Waals surface area contributed by atoms with Crippen molar-refractivity contribution in [3.63, 3.8) is 0 Å². The van der Waals surface area contributed by atoms with Crippen molar-refractivity contribution < 1.29 is 14.3 Å². The summed E-state index contributed by atoms with van der Waals surface area (Å²) < 4.78 is 13.7. The molecule has 2 rings (SSSR count). The van der Waals surface area contributed by atoms with Gasteiger partial charge in [0.2, 0.25) is 0 Å². The Hall–Kier alpha value is -1.17. The van der Waals surface area contributed by atoms with Gasteiger partial charge in [0.15, 0.2) is 0 Å². The number of carboxylic acids is 1. The van der Waals surface area contributed by atoms with Gasteiger partial charge in [-0.05, 0) is 25.5 Å². The zero-order valence-corrected chi connectivity index (χ0v) is 12.1. The van der Waals surface area contributed by atoms with E-state index in [1.165, 1.54) is 6.07 Å². The topological polar surface area (TPSA) is 52.6 Å². The van der Waals surface area contributed by atoms with E-state index in [1.54, 1.807) is 12.1 Å². The quantitative estimate of drug-likeness (QED) is 0.874. The van der Waals surface area contributed by atoms with Crippen LogP contribution in [0, 0.1) is 5.82 Å². The largest absolute Gasteiger partial charge is 0.480 e. The Bertz CT molecular complexity index is 492. The average Bonchev–Trinajstić information content (AvgIpc) is 2.74. The van der Waals surface area contributed by atoms with Crippen LogP contribution >= 0.6 is 11.6 Å². The van der Waals surface area contributed by atoms with Crippen LogP contribution in [0.5, 0.6) is 0 Å². The lowest BCUT2D eigenvalue weighted by Crippen LogP contribution is -2.46. The molecule has 1 aromatic carbocycles. The highest BCUT2D eigenvalue weighted by molar-refractivity contribution is 6.31. The Balaban J connectivity index is 1.98. The Kier molecular flexibility index (Phi) is 4.62. The van der Waals surface area contributed by atoms with Crippen molar-refractivity contribution in [1.82, 2.24) is 10.2 Å². The molecule has 0 aromatic heterocycles. The molecular formula is C14H18ClFN2O2. The second kappa shape index (κ2) is 6.08. The van der Waals surface area contributed by atoms with E-state index in [9.17, 15) is 9.18 Å². The number of likely N-dealkylation sites (tertiary alicyclic amines) is 1. The molecule has 1 unspecified atom stereocenters. The second-order valence-corrected chi connectivity index (χ2v) is 5.88. The molecule has 1 atom stereocenters. The van der Waals surface area contributed by atoms with Gasteiger partial charge >= 0.3 is 5.97 Å². The lowest BCUT2D eigenvalue weighted by atomic mass is 10.0. The van der Waals surface area contributed by atoms with Crippen LogP contribution in [0.3, 0.4) is 0 Å². The Labute approximate surface area is 122 Å². The minimum atomic E-state index is -0.873. The predicted molar refractivity (Wildman–Crippen MR) is 75.3 cm³/mol. The number of aliphatic carboxylic acids is 1. The van der Waals surface area contributed by atoms with Crippen LogP contribution in [0.1, 0.15) is 18.9 Å². The molecule has 1 fully saturated rings. The fraction of sp³-hybridized carbons (Fsp3) is 0.500.